The maximum absolute atomic E-state index is 11.7. The van der Waals surface area contributed by atoms with Gasteiger partial charge in [0.05, 0.1) is 11.6 Å². The van der Waals surface area contributed by atoms with Gasteiger partial charge in [-0.1, -0.05) is 13.8 Å². The van der Waals surface area contributed by atoms with Crippen molar-refractivity contribution >= 4 is 5.91 Å². The Labute approximate surface area is 103 Å². The van der Waals surface area contributed by atoms with Gasteiger partial charge in [0, 0.05) is 32.6 Å². The average Bonchev–Trinajstić information content (AvgIpc) is 2.26. The highest BCUT2D eigenvalue weighted by atomic mass is 16.5. The Bertz CT molecular complexity index is 250. The quantitative estimate of drug-likeness (QED) is 0.636. The highest BCUT2D eigenvalue weighted by Gasteiger charge is 2.30. The molecular formula is C12H24N2O3. The zero-order valence-corrected chi connectivity index (χ0v) is 10.7. The molecule has 1 aliphatic heterocycles. The molecule has 1 fully saturated rings. The van der Waals surface area contributed by atoms with E-state index >= 15 is 0 Å². The molecular weight excluding hydrogens is 220 g/mol. The second-order valence-corrected chi connectivity index (χ2v) is 5.29. The third-order valence-electron chi connectivity index (χ3n) is 3.08. The molecule has 0 radical (unpaired) electrons. The Morgan fingerprint density at radius 1 is 1.47 bits per heavy atom. The van der Waals surface area contributed by atoms with Crippen molar-refractivity contribution in [3.8, 4) is 0 Å². The summed E-state index contributed by atoms with van der Waals surface area (Å²) >= 11 is 0. The lowest BCUT2D eigenvalue weighted by Gasteiger charge is -2.32. The lowest BCUT2D eigenvalue weighted by molar-refractivity contribution is -0.125. The van der Waals surface area contributed by atoms with Gasteiger partial charge < -0.3 is 20.9 Å². The normalized spacial score (nSPS) is 21.2. The van der Waals surface area contributed by atoms with E-state index in [1.165, 1.54) is 0 Å². The monoisotopic (exact) mass is 244 g/mol. The fourth-order valence-corrected chi connectivity index (χ4v) is 1.93. The fourth-order valence-electron chi connectivity index (χ4n) is 1.93. The lowest BCUT2D eigenvalue weighted by atomic mass is 9.94. The Morgan fingerprint density at radius 3 is 2.59 bits per heavy atom. The molecule has 4 N–H and O–H groups in total. The van der Waals surface area contributed by atoms with Crippen molar-refractivity contribution < 1.29 is 14.6 Å². The van der Waals surface area contributed by atoms with E-state index in [1.807, 2.05) is 13.8 Å². The van der Waals surface area contributed by atoms with E-state index in [1.54, 1.807) is 0 Å². The predicted octanol–water partition coefficient (Wildman–Crippen LogP) is 0.0175. The number of carbonyl (C=O) groups is 1. The smallest absolute Gasteiger partial charge is 0.237 e. The number of nitrogens with one attached hydrogen (secondary N) is 1. The first-order valence-electron chi connectivity index (χ1n) is 6.26. The van der Waals surface area contributed by atoms with Gasteiger partial charge in [-0.2, -0.15) is 0 Å². The standard InChI is InChI=1S/C12H24N2O3/c1-9(2)7-10(13)11(15)14-8-12(16)3-5-17-6-4-12/h9-10,16H,3-8,13H2,1-2H3,(H,14,15). The van der Waals surface area contributed by atoms with Gasteiger partial charge in [0.1, 0.15) is 0 Å². The van der Waals surface area contributed by atoms with Gasteiger partial charge >= 0.3 is 0 Å². The number of hydrogen-bond acceptors (Lipinski definition) is 4. The zero-order chi connectivity index (χ0) is 12.9. The molecule has 0 bridgehead atoms. The van der Waals surface area contributed by atoms with Gasteiger partial charge in [0.25, 0.3) is 0 Å². The summed E-state index contributed by atoms with van der Waals surface area (Å²) in [5.41, 5.74) is 4.93. The van der Waals surface area contributed by atoms with Gasteiger partial charge in [0.15, 0.2) is 0 Å². The number of hydrogen-bond donors (Lipinski definition) is 3. The Hall–Kier alpha value is -0.650. The van der Waals surface area contributed by atoms with Gasteiger partial charge in [-0.05, 0) is 12.3 Å². The van der Waals surface area contributed by atoms with Crippen LogP contribution in [0.2, 0.25) is 0 Å². The fraction of sp³-hybridized carbons (Fsp3) is 0.917. The second kappa shape index (κ2) is 6.33. The lowest BCUT2D eigenvalue weighted by Crippen LogP contribution is -2.50. The number of aliphatic hydroxyl groups is 1. The first kappa shape index (κ1) is 14.4. The van der Waals surface area contributed by atoms with Crippen molar-refractivity contribution in [3.05, 3.63) is 0 Å². The van der Waals surface area contributed by atoms with E-state index in [-0.39, 0.29) is 12.5 Å². The average molecular weight is 244 g/mol. The van der Waals surface area contributed by atoms with E-state index in [0.717, 1.165) is 0 Å². The van der Waals surface area contributed by atoms with Gasteiger partial charge in [0.2, 0.25) is 5.91 Å². The van der Waals surface area contributed by atoms with Crippen molar-refractivity contribution in [1.29, 1.82) is 0 Å². The highest BCUT2D eigenvalue weighted by Crippen LogP contribution is 2.19. The summed E-state index contributed by atoms with van der Waals surface area (Å²) < 4.78 is 5.17. The largest absolute Gasteiger partial charge is 0.388 e. The van der Waals surface area contributed by atoms with Crippen LogP contribution in [-0.2, 0) is 9.53 Å². The topological polar surface area (TPSA) is 84.6 Å². The van der Waals surface area contributed by atoms with Crippen molar-refractivity contribution in [2.75, 3.05) is 19.8 Å². The van der Waals surface area contributed by atoms with Crippen LogP contribution in [0.5, 0.6) is 0 Å². The minimum absolute atomic E-state index is 0.182. The van der Waals surface area contributed by atoms with Crippen LogP contribution in [-0.4, -0.2) is 42.4 Å². The van der Waals surface area contributed by atoms with Crippen LogP contribution < -0.4 is 11.1 Å². The first-order valence-corrected chi connectivity index (χ1v) is 6.26. The number of amides is 1. The van der Waals surface area contributed by atoms with E-state index in [0.29, 0.717) is 38.4 Å². The molecule has 1 atom stereocenters. The first-order chi connectivity index (χ1) is 7.93. The Kier molecular flexibility index (Phi) is 5.36. The highest BCUT2D eigenvalue weighted by molar-refractivity contribution is 5.81. The molecule has 0 aromatic carbocycles. The summed E-state index contributed by atoms with van der Waals surface area (Å²) in [6, 6.07) is -0.488. The zero-order valence-electron chi connectivity index (χ0n) is 10.7. The van der Waals surface area contributed by atoms with Crippen LogP contribution in [0, 0.1) is 5.92 Å². The molecule has 5 nitrogen and oxygen atoms in total. The van der Waals surface area contributed by atoms with E-state index in [2.05, 4.69) is 5.32 Å². The number of ether oxygens (including phenoxy) is 1. The number of nitrogens with two attached hydrogens (primary N) is 1. The molecule has 100 valence electrons. The van der Waals surface area contributed by atoms with Crippen LogP contribution in [0.1, 0.15) is 33.1 Å². The molecule has 0 aliphatic carbocycles. The molecule has 0 saturated carbocycles. The van der Waals surface area contributed by atoms with Crippen LogP contribution in [0.25, 0.3) is 0 Å². The molecule has 1 saturated heterocycles. The molecule has 1 unspecified atom stereocenters. The third kappa shape index (κ3) is 5.02. The SMILES string of the molecule is CC(C)CC(N)C(=O)NCC1(O)CCOCC1. The van der Waals surface area contributed by atoms with Crippen molar-refractivity contribution in [1.82, 2.24) is 5.32 Å². The van der Waals surface area contributed by atoms with Crippen LogP contribution in [0.15, 0.2) is 0 Å². The summed E-state index contributed by atoms with van der Waals surface area (Å²) in [5, 5.41) is 12.9. The summed E-state index contributed by atoms with van der Waals surface area (Å²) in [5.74, 6) is 0.209. The summed E-state index contributed by atoms with van der Waals surface area (Å²) in [6.45, 7) is 5.41. The van der Waals surface area contributed by atoms with Crippen LogP contribution in [0.4, 0.5) is 0 Å². The molecule has 0 spiro atoms. The molecule has 1 amide bonds. The van der Waals surface area contributed by atoms with Crippen molar-refractivity contribution in [2.24, 2.45) is 11.7 Å². The molecule has 5 heteroatoms. The van der Waals surface area contributed by atoms with Crippen LogP contribution in [0.3, 0.4) is 0 Å². The maximum atomic E-state index is 11.7. The third-order valence-corrected chi connectivity index (χ3v) is 3.08. The number of carbonyl (C=O) groups excluding carboxylic acids is 1. The van der Waals surface area contributed by atoms with Crippen LogP contribution >= 0.6 is 0 Å². The summed E-state index contributed by atoms with van der Waals surface area (Å²) in [6.07, 6.45) is 1.78. The van der Waals surface area contributed by atoms with E-state index < -0.39 is 11.6 Å². The molecule has 1 rings (SSSR count). The van der Waals surface area contributed by atoms with Gasteiger partial charge in [-0.25, -0.2) is 0 Å². The van der Waals surface area contributed by atoms with Gasteiger partial charge in [-0.15, -0.1) is 0 Å². The Balaban J connectivity index is 2.31. The maximum Gasteiger partial charge on any atom is 0.237 e. The summed E-state index contributed by atoms with van der Waals surface area (Å²) in [7, 11) is 0. The van der Waals surface area contributed by atoms with E-state index in [4.69, 9.17) is 10.5 Å². The van der Waals surface area contributed by atoms with E-state index in [9.17, 15) is 9.90 Å². The predicted molar refractivity (Wildman–Crippen MR) is 65.4 cm³/mol. The Morgan fingerprint density at radius 2 is 2.06 bits per heavy atom. The van der Waals surface area contributed by atoms with Gasteiger partial charge in [-0.3, -0.25) is 4.79 Å². The minimum atomic E-state index is -0.828. The summed E-state index contributed by atoms with van der Waals surface area (Å²) in [4.78, 5) is 11.7. The van der Waals surface area contributed by atoms with Crippen molar-refractivity contribution in [3.63, 3.8) is 0 Å². The minimum Gasteiger partial charge on any atom is -0.388 e. The number of rotatable bonds is 5. The molecule has 1 heterocycles. The molecule has 0 aromatic heterocycles. The van der Waals surface area contributed by atoms with Crippen molar-refractivity contribution in [2.45, 2.75) is 44.8 Å². The second-order valence-electron chi connectivity index (χ2n) is 5.29. The molecule has 0 aromatic rings. The molecule has 17 heavy (non-hydrogen) atoms. The molecule has 1 aliphatic rings.